The number of hydrogen-bond donors (Lipinski definition) is 1. The van der Waals surface area contributed by atoms with Crippen LogP contribution in [0.2, 0.25) is 0 Å². The molecule has 0 aliphatic carbocycles. The normalized spacial score (nSPS) is 10.5. The third-order valence-electron chi connectivity index (χ3n) is 3.20. The van der Waals surface area contributed by atoms with Gasteiger partial charge in [0, 0.05) is 13.0 Å². The molecule has 1 heterocycles. The Bertz CT molecular complexity index is 734. The number of nitro benzene ring substituents is 1. The number of nitro groups is 1. The Labute approximate surface area is 121 Å². The van der Waals surface area contributed by atoms with Crippen LogP contribution in [0.1, 0.15) is 33.3 Å². The Morgan fingerprint density at radius 3 is 2.48 bits per heavy atom. The average Bonchev–Trinajstić information content (AvgIpc) is 2.73. The van der Waals surface area contributed by atoms with Gasteiger partial charge in [-0.2, -0.15) is 0 Å². The Hall–Kier alpha value is -2.70. The lowest BCUT2D eigenvalue weighted by Crippen LogP contribution is -2.15. The number of hydrogen-bond acceptors (Lipinski definition) is 5. The monoisotopic (exact) mass is 289 g/mol. The Morgan fingerprint density at radius 2 is 1.95 bits per heavy atom. The highest BCUT2D eigenvalue weighted by Gasteiger charge is 2.20. The van der Waals surface area contributed by atoms with Crippen LogP contribution >= 0.6 is 0 Å². The minimum absolute atomic E-state index is 0.0380. The molecule has 0 saturated carbocycles. The van der Waals surface area contributed by atoms with Crippen molar-refractivity contribution < 1.29 is 14.1 Å². The van der Waals surface area contributed by atoms with Crippen LogP contribution in [0.15, 0.2) is 16.5 Å². The second-order valence-corrected chi connectivity index (χ2v) is 4.75. The van der Waals surface area contributed by atoms with E-state index in [0.29, 0.717) is 22.9 Å². The fourth-order valence-electron chi connectivity index (χ4n) is 2.14. The fourth-order valence-corrected chi connectivity index (χ4v) is 2.14. The highest BCUT2D eigenvalue weighted by molar-refractivity contribution is 6.04. The maximum atomic E-state index is 12.2. The molecule has 0 fully saturated rings. The molecule has 2 rings (SSSR count). The summed E-state index contributed by atoms with van der Waals surface area (Å²) in [6, 6.07) is 3.02. The van der Waals surface area contributed by atoms with Crippen LogP contribution < -0.4 is 5.32 Å². The molecule has 1 amide bonds. The average molecular weight is 289 g/mol. The van der Waals surface area contributed by atoms with Crippen LogP contribution in [0, 0.1) is 37.8 Å². The lowest BCUT2D eigenvalue weighted by molar-refractivity contribution is -0.385. The summed E-state index contributed by atoms with van der Waals surface area (Å²) in [7, 11) is 0. The predicted octanol–water partition coefficient (Wildman–Crippen LogP) is 3.07. The second kappa shape index (κ2) is 5.35. The summed E-state index contributed by atoms with van der Waals surface area (Å²) >= 11 is 0. The van der Waals surface area contributed by atoms with Crippen LogP contribution in [0.3, 0.4) is 0 Å². The highest BCUT2D eigenvalue weighted by Crippen LogP contribution is 2.29. The first-order chi connectivity index (χ1) is 9.81. The molecule has 7 heteroatoms. The molecule has 7 nitrogen and oxygen atoms in total. The molecule has 1 aromatic heterocycles. The number of amides is 1. The molecule has 2 aromatic rings. The van der Waals surface area contributed by atoms with Gasteiger partial charge in [0.1, 0.15) is 5.76 Å². The smallest absolute Gasteiger partial charge is 0.277 e. The highest BCUT2D eigenvalue weighted by atomic mass is 16.6. The standard InChI is InChI=1S/C14H15N3O4/c1-7-5-6-11(17(19)20)8(2)12(7)16-14(18)13-9(3)21-10(4)15-13/h5-6H,1-4H3,(H,16,18). The summed E-state index contributed by atoms with van der Waals surface area (Å²) < 4.78 is 5.22. The van der Waals surface area contributed by atoms with E-state index in [9.17, 15) is 14.9 Å². The third kappa shape index (κ3) is 2.76. The number of benzene rings is 1. The van der Waals surface area contributed by atoms with E-state index in [2.05, 4.69) is 10.3 Å². The van der Waals surface area contributed by atoms with Crippen LogP contribution in [0.4, 0.5) is 11.4 Å². The van der Waals surface area contributed by atoms with E-state index in [0.717, 1.165) is 5.56 Å². The number of carbonyl (C=O) groups excluding carboxylic acids is 1. The largest absolute Gasteiger partial charge is 0.445 e. The topological polar surface area (TPSA) is 98.3 Å². The van der Waals surface area contributed by atoms with Gasteiger partial charge in [0.25, 0.3) is 11.6 Å². The van der Waals surface area contributed by atoms with Crippen molar-refractivity contribution in [2.24, 2.45) is 0 Å². The summed E-state index contributed by atoms with van der Waals surface area (Å²) in [5.74, 6) is 0.354. The van der Waals surface area contributed by atoms with E-state index in [1.54, 1.807) is 33.8 Å². The van der Waals surface area contributed by atoms with Crippen molar-refractivity contribution in [1.29, 1.82) is 0 Å². The van der Waals surface area contributed by atoms with E-state index in [1.165, 1.54) is 6.07 Å². The van der Waals surface area contributed by atoms with Gasteiger partial charge in [-0.1, -0.05) is 6.07 Å². The summed E-state index contributed by atoms with van der Waals surface area (Å²) in [4.78, 5) is 26.7. The van der Waals surface area contributed by atoms with E-state index in [4.69, 9.17) is 4.42 Å². The second-order valence-electron chi connectivity index (χ2n) is 4.75. The minimum Gasteiger partial charge on any atom is -0.445 e. The fraction of sp³-hybridized carbons (Fsp3) is 0.286. The number of rotatable bonds is 3. The number of nitrogens with one attached hydrogen (secondary N) is 1. The quantitative estimate of drug-likeness (QED) is 0.691. The van der Waals surface area contributed by atoms with Crippen LogP contribution in [-0.4, -0.2) is 15.8 Å². The number of anilines is 1. The molecule has 0 aliphatic rings. The SMILES string of the molecule is Cc1nc(C(=O)Nc2c(C)ccc([N+](=O)[O-])c2C)c(C)o1. The van der Waals surface area contributed by atoms with Crippen molar-refractivity contribution >= 4 is 17.3 Å². The number of carbonyl (C=O) groups is 1. The zero-order valence-corrected chi connectivity index (χ0v) is 12.2. The number of nitrogens with zero attached hydrogens (tertiary/aromatic N) is 2. The van der Waals surface area contributed by atoms with Gasteiger partial charge in [-0.3, -0.25) is 14.9 Å². The van der Waals surface area contributed by atoms with Crippen LogP contribution in [0.5, 0.6) is 0 Å². The van der Waals surface area contributed by atoms with Crippen molar-refractivity contribution in [2.45, 2.75) is 27.7 Å². The Balaban J connectivity index is 2.40. The molecule has 1 N–H and O–H groups in total. The minimum atomic E-state index is -0.476. The molecule has 110 valence electrons. The number of aryl methyl sites for hydroxylation is 3. The first kappa shape index (κ1) is 14.7. The molecule has 0 bridgehead atoms. The molecular formula is C14H15N3O4. The van der Waals surface area contributed by atoms with E-state index in [1.807, 2.05) is 0 Å². The maximum Gasteiger partial charge on any atom is 0.277 e. The first-order valence-electron chi connectivity index (χ1n) is 6.31. The molecule has 0 unspecified atom stereocenters. The molecule has 1 aromatic carbocycles. The van der Waals surface area contributed by atoms with Crippen molar-refractivity contribution in [3.63, 3.8) is 0 Å². The molecule has 0 saturated heterocycles. The van der Waals surface area contributed by atoms with Crippen molar-refractivity contribution in [3.8, 4) is 0 Å². The number of aromatic nitrogens is 1. The lowest BCUT2D eigenvalue weighted by atomic mass is 10.1. The van der Waals surface area contributed by atoms with Gasteiger partial charge in [0.15, 0.2) is 11.6 Å². The third-order valence-corrected chi connectivity index (χ3v) is 3.20. The maximum absolute atomic E-state index is 12.2. The predicted molar refractivity (Wildman–Crippen MR) is 76.5 cm³/mol. The zero-order chi connectivity index (χ0) is 15.7. The summed E-state index contributed by atoms with van der Waals surface area (Å²) in [6.45, 7) is 6.66. The molecule has 0 aliphatic heterocycles. The van der Waals surface area contributed by atoms with E-state index < -0.39 is 10.8 Å². The summed E-state index contributed by atoms with van der Waals surface area (Å²) in [6.07, 6.45) is 0. The Morgan fingerprint density at radius 1 is 1.29 bits per heavy atom. The summed E-state index contributed by atoms with van der Waals surface area (Å²) in [5.41, 5.74) is 1.71. The van der Waals surface area contributed by atoms with Gasteiger partial charge in [-0.25, -0.2) is 4.98 Å². The van der Waals surface area contributed by atoms with Gasteiger partial charge in [-0.05, 0) is 26.3 Å². The zero-order valence-electron chi connectivity index (χ0n) is 12.2. The van der Waals surface area contributed by atoms with Crippen molar-refractivity contribution in [3.05, 3.63) is 50.7 Å². The van der Waals surface area contributed by atoms with Gasteiger partial charge < -0.3 is 9.73 Å². The van der Waals surface area contributed by atoms with Crippen molar-refractivity contribution in [1.82, 2.24) is 4.98 Å². The molecular weight excluding hydrogens is 274 g/mol. The first-order valence-corrected chi connectivity index (χ1v) is 6.31. The van der Waals surface area contributed by atoms with E-state index >= 15 is 0 Å². The van der Waals surface area contributed by atoms with Gasteiger partial charge in [0.05, 0.1) is 16.2 Å². The van der Waals surface area contributed by atoms with Gasteiger partial charge in [-0.15, -0.1) is 0 Å². The van der Waals surface area contributed by atoms with Crippen molar-refractivity contribution in [2.75, 3.05) is 5.32 Å². The van der Waals surface area contributed by atoms with Crippen LogP contribution in [0.25, 0.3) is 0 Å². The molecule has 0 atom stereocenters. The van der Waals surface area contributed by atoms with Gasteiger partial charge >= 0.3 is 0 Å². The number of oxazole rings is 1. The molecule has 21 heavy (non-hydrogen) atoms. The molecule has 0 radical (unpaired) electrons. The molecule has 0 spiro atoms. The summed E-state index contributed by atoms with van der Waals surface area (Å²) in [5, 5.41) is 13.6. The van der Waals surface area contributed by atoms with E-state index in [-0.39, 0.29) is 11.4 Å². The lowest BCUT2D eigenvalue weighted by Gasteiger charge is -2.11. The van der Waals surface area contributed by atoms with Gasteiger partial charge in [0.2, 0.25) is 0 Å². The Kier molecular flexibility index (Phi) is 3.75. The van der Waals surface area contributed by atoms with Crippen LogP contribution in [-0.2, 0) is 0 Å².